The number of rotatable bonds is 5. The van der Waals surface area contributed by atoms with Gasteiger partial charge in [0.25, 0.3) is 5.91 Å². The van der Waals surface area contributed by atoms with Crippen LogP contribution in [0.3, 0.4) is 0 Å². The summed E-state index contributed by atoms with van der Waals surface area (Å²) >= 11 is 0. The predicted molar refractivity (Wildman–Crippen MR) is 130 cm³/mol. The Kier molecular flexibility index (Phi) is 4.74. The number of hydrogen-bond acceptors (Lipinski definition) is 4. The van der Waals surface area contributed by atoms with Crippen molar-refractivity contribution in [1.29, 1.82) is 0 Å². The summed E-state index contributed by atoms with van der Waals surface area (Å²) in [4.78, 5) is 15.3. The second-order valence-electron chi connectivity index (χ2n) is 8.57. The molecule has 166 valence electrons. The third-order valence-corrected chi connectivity index (χ3v) is 6.40. The molecule has 34 heavy (non-hydrogen) atoms. The van der Waals surface area contributed by atoms with Crippen molar-refractivity contribution >= 4 is 22.4 Å². The van der Waals surface area contributed by atoms with E-state index in [1.165, 1.54) is 0 Å². The average Bonchev–Trinajstić information content (AvgIpc) is 3.41. The van der Waals surface area contributed by atoms with E-state index < -0.39 is 5.60 Å². The van der Waals surface area contributed by atoms with Crippen molar-refractivity contribution in [3.63, 3.8) is 0 Å². The van der Waals surface area contributed by atoms with Crippen LogP contribution in [0.4, 0.5) is 5.69 Å². The number of carbonyl (C=O) groups is 1. The van der Waals surface area contributed by atoms with Crippen LogP contribution in [0.15, 0.2) is 103 Å². The van der Waals surface area contributed by atoms with E-state index in [-0.39, 0.29) is 12.5 Å². The quantitative estimate of drug-likeness (QED) is 0.438. The number of hydrogen-bond donors (Lipinski definition) is 1. The molecule has 1 amide bonds. The Morgan fingerprint density at radius 1 is 0.794 bits per heavy atom. The molecule has 6 rings (SSSR count). The van der Waals surface area contributed by atoms with Crippen molar-refractivity contribution < 1.29 is 9.90 Å². The van der Waals surface area contributed by atoms with E-state index in [2.05, 4.69) is 10.3 Å². The standard InChI is InChI=1S/C28H22N4O2/c33-27-28(34,23-15-14-21-10-4-5-11-22(21)16-23)25-12-6-7-13-26(25)32(27)19-24-18-31(30-29-24)17-20-8-2-1-3-9-20/h1-16,18,34H,17,19H2/t28-/m0/s1. The number of benzene rings is 4. The molecule has 0 radical (unpaired) electrons. The molecule has 1 N–H and O–H groups in total. The first-order valence-corrected chi connectivity index (χ1v) is 11.2. The predicted octanol–water partition coefficient (Wildman–Crippen LogP) is 4.26. The van der Waals surface area contributed by atoms with E-state index in [0.29, 0.717) is 29.1 Å². The van der Waals surface area contributed by atoms with Crippen molar-refractivity contribution in [3.8, 4) is 0 Å². The highest BCUT2D eigenvalue weighted by Crippen LogP contribution is 2.45. The monoisotopic (exact) mass is 446 g/mol. The third-order valence-electron chi connectivity index (χ3n) is 6.40. The molecular weight excluding hydrogens is 424 g/mol. The maximum absolute atomic E-state index is 13.7. The molecule has 5 aromatic rings. The number of nitrogens with zero attached hydrogens (tertiary/aromatic N) is 4. The van der Waals surface area contributed by atoms with Gasteiger partial charge in [-0.05, 0) is 34.0 Å². The minimum absolute atomic E-state index is 0.223. The Morgan fingerprint density at radius 3 is 2.38 bits per heavy atom. The van der Waals surface area contributed by atoms with Gasteiger partial charge in [0, 0.05) is 5.56 Å². The van der Waals surface area contributed by atoms with E-state index in [9.17, 15) is 9.90 Å². The van der Waals surface area contributed by atoms with Crippen LogP contribution in [-0.2, 0) is 23.5 Å². The van der Waals surface area contributed by atoms with Gasteiger partial charge in [0.05, 0.1) is 25.0 Å². The number of carbonyl (C=O) groups excluding carboxylic acids is 1. The van der Waals surface area contributed by atoms with Gasteiger partial charge in [-0.25, -0.2) is 4.68 Å². The number of amides is 1. The van der Waals surface area contributed by atoms with Gasteiger partial charge < -0.3 is 10.0 Å². The molecule has 0 spiro atoms. The van der Waals surface area contributed by atoms with Gasteiger partial charge in [-0.3, -0.25) is 4.79 Å². The summed E-state index contributed by atoms with van der Waals surface area (Å²) in [5.74, 6) is -0.387. The van der Waals surface area contributed by atoms with Gasteiger partial charge >= 0.3 is 0 Å². The molecule has 2 heterocycles. The zero-order valence-electron chi connectivity index (χ0n) is 18.4. The Balaban J connectivity index is 1.34. The lowest BCUT2D eigenvalue weighted by Gasteiger charge is -2.24. The molecule has 0 fully saturated rings. The van der Waals surface area contributed by atoms with E-state index in [1.54, 1.807) is 9.58 Å². The van der Waals surface area contributed by atoms with Crippen LogP contribution in [0.5, 0.6) is 0 Å². The van der Waals surface area contributed by atoms with E-state index in [1.807, 2.05) is 103 Å². The Bertz CT molecular complexity index is 1510. The summed E-state index contributed by atoms with van der Waals surface area (Å²) in [7, 11) is 0. The summed E-state index contributed by atoms with van der Waals surface area (Å²) in [6.45, 7) is 0.819. The first-order chi connectivity index (χ1) is 16.6. The van der Waals surface area contributed by atoms with Gasteiger partial charge in [-0.2, -0.15) is 0 Å². The van der Waals surface area contributed by atoms with Crippen LogP contribution in [0.1, 0.15) is 22.4 Å². The highest BCUT2D eigenvalue weighted by atomic mass is 16.3. The highest BCUT2D eigenvalue weighted by molar-refractivity contribution is 6.09. The number of aromatic nitrogens is 3. The topological polar surface area (TPSA) is 71.2 Å². The molecule has 6 heteroatoms. The molecule has 1 aliphatic heterocycles. The number of para-hydroxylation sites is 1. The third kappa shape index (κ3) is 3.27. The molecule has 0 bridgehead atoms. The van der Waals surface area contributed by atoms with Crippen LogP contribution in [0.2, 0.25) is 0 Å². The number of anilines is 1. The SMILES string of the molecule is O=C1N(Cc2cn(Cc3ccccc3)nn2)c2ccccc2[C@@]1(O)c1ccc2ccccc2c1. The maximum Gasteiger partial charge on any atom is 0.268 e. The lowest BCUT2D eigenvalue weighted by molar-refractivity contribution is -0.132. The summed E-state index contributed by atoms with van der Waals surface area (Å²) in [5.41, 5.74) is 1.82. The average molecular weight is 447 g/mol. The van der Waals surface area contributed by atoms with Crippen molar-refractivity contribution in [3.05, 3.63) is 126 Å². The smallest absolute Gasteiger partial charge is 0.268 e. The van der Waals surface area contributed by atoms with E-state index >= 15 is 0 Å². The molecule has 1 atom stereocenters. The van der Waals surface area contributed by atoms with E-state index in [0.717, 1.165) is 16.3 Å². The molecule has 4 aromatic carbocycles. The lowest BCUT2D eigenvalue weighted by atomic mass is 9.86. The molecular formula is C28H22N4O2. The lowest BCUT2D eigenvalue weighted by Crippen LogP contribution is -2.41. The van der Waals surface area contributed by atoms with Gasteiger partial charge in [-0.15, -0.1) is 5.10 Å². The second kappa shape index (κ2) is 7.93. The fourth-order valence-corrected chi connectivity index (χ4v) is 4.71. The minimum Gasteiger partial charge on any atom is -0.372 e. The molecule has 0 saturated heterocycles. The summed E-state index contributed by atoms with van der Waals surface area (Å²) < 4.78 is 1.76. The van der Waals surface area contributed by atoms with Crippen molar-refractivity contribution in [1.82, 2.24) is 15.0 Å². The maximum atomic E-state index is 13.7. The zero-order valence-corrected chi connectivity index (χ0v) is 18.4. The molecule has 1 aromatic heterocycles. The van der Waals surface area contributed by atoms with E-state index in [4.69, 9.17) is 0 Å². The van der Waals surface area contributed by atoms with Crippen LogP contribution < -0.4 is 4.90 Å². The van der Waals surface area contributed by atoms with Crippen molar-refractivity contribution in [2.45, 2.75) is 18.7 Å². The molecule has 6 nitrogen and oxygen atoms in total. The zero-order chi connectivity index (χ0) is 23.1. The first kappa shape index (κ1) is 20.3. The summed E-state index contributed by atoms with van der Waals surface area (Å²) in [6.07, 6.45) is 1.84. The minimum atomic E-state index is -1.76. The largest absolute Gasteiger partial charge is 0.372 e. The molecule has 0 saturated carbocycles. The first-order valence-electron chi connectivity index (χ1n) is 11.2. The summed E-state index contributed by atoms with van der Waals surface area (Å²) in [5, 5.41) is 22.4. The Labute approximate surface area is 196 Å². The van der Waals surface area contributed by atoms with Gasteiger partial charge in [-0.1, -0.05) is 90.1 Å². The Morgan fingerprint density at radius 2 is 1.53 bits per heavy atom. The molecule has 0 aliphatic carbocycles. The fourth-order valence-electron chi connectivity index (χ4n) is 4.71. The summed E-state index contributed by atoms with van der Waals surface area (Å²) in [6, 6.07) is 31.0. The van der Waals surface area contributed by atoms with Crippen LogP contribution in [0.25, 0.3) is 10.8 Å². The van der Waals surface area contributed by atoms with Gasteiger partial charge in [0.1, 0.15) is 5.69 Å². The van der Waals surface area contributed by atoms with Crippen molar-refractivity contribution in [2.24, 2.45) is 0 Å². The van der Waals surface area contributed by atoms with Crippen molar-refractivity contribution in [2.75, 3.05) is 4.90 Å². The number of fused-ring (bicyclic) bond motifs is 2. The van der Waals surface area contributed by atoms with Crippen LogP contribution >= 0.6 is 0 Å². The van der Waals surface area contributed by atoms with Gasteiger partial charge in [0.15, 0.2) is 5.60 Å². The van der Waals surface area contributed by atoms with Crippen LogP contribution in [-0.4, -0.2) is 26.0 Å². The fraction of sp³-hybridized carbons (Fsp3) is 0.107. The number of aliphatic hydroxyl groups is 1. The van der Waals surface area contributed by atoms with Gasteiger partial charge in [0.2, 0.25) is 0 Å². The second-order valence-corrected chi connectivity index (χ2v) is 8.57. The van der Waals surface area contributed by atoms with Crippen LogP contribution in [0, 0.1) is 0 Å². The normalized spacial score (nSPS) is 17.3. The highest BCUT2D eigenvalue weighted by Gasteiger charge is 2.51. The Hall–Kier alpha value is -4.29. The molecule has 1 aliphatic rings. The molecule has 0 unspecified atom stereocenters.